The number of hydrogen-bond donors (Lipinski definition) is 6. The van der Waals surface area contributed by atoms with Crippen molar-refractivity contribution in [2.24, 2.45) is 11.7 Å². The molecule has 1 aromatic rings. The minimum Gasteiger partial charge on any atom is -0.506 e. The van der Waals surface area contributed by atoms with Crippen LogP contribution in [0.3, 0.4) is 0 Å². The van der Waals surface area contributed by atoms with Gasteiger partial charge in [0.1, 0.15) is 18.4 Å². The Hall–Kier alpha value is -4.54. The molecule has 2 rings (SSSR count). The number of nitrogens with zero attached hydrogens (tertiary/aromatic N) is 1. The highest BCUT2D eigenvalue weighted by molar-refractivity contribution is 6.12. The molecule has 0 saturated heterocycles. The van der Waals surface area contributed by atoms with Gasteiger partial charge in [0.2, 0.25) is 17.7 Å². The number of ether oxygens (including phenoxy) is 7. The SMILES string of the molecule is COCCOCCOCCOCCOCCOCCOCC(=O)NCCCC[C@H](NC(=O)CCCN1C(=O)C=CC1=O)C(=O)Nc1cc(C[C@H](N)CC(C)C(=O)O)ccc1O. The number of aliphatic carboxylic acids is 1. The number of rotatable bonds is 37. The second-order valence-corrected chi connectivity index (χ2v) is 14.1. The second-order valence-electron chi connectivity index (χ2n) is 14.1. The average Bonchev–Trinajstić information content (AvgIpc) is 3.54. The predicted octanol–water partition coefficient (Wildman–Crippen LogP) is 0.534. The van der Waals surface area contributed by atoms with Gasteiger partial charge in [0.05, 0.1) is 90.9 Å². The van der Waals surface area contributed by atoms with Gasteiger partial charge in [-0.05, 0) is 56.2 Å². The first-order valence-electron chi connectivity index (χ1n) is 20.6. The number of nitrogens with two attached hydrogens (primary N) is 1. The molecule has 0 aliphatic carbocycles. The normalized spacial score (nSPS) is 13.9. The van der Waals surface area contributed by atoms with Crippen molar-refractivity contribution < 1.29 is 72.1 Å². The summed E-state index contributed by atoms with van der Waals surface area (Å²) in [4.78, 5) is 74.6. The molecule has 61 heavy (non-hydrogen) atoms. The predicted molar refractivity (Wildman–Crippen MR) is 221 cm³/mol. The van der Waals surface area contributed by atoms with Gasteiger partial charge in [0, 0.05) is 44.8 Å². The Kier molecular flexibility index (Phi) is 27.8. The number of carboxylic acid groups (broad SMARTS) is 1. The van der Waals surface area contributed by atoms with Crippen LogP contribution in [0.5, 0.6) is 5.75 Å². The van der Waals surface area contributed by atoms with E-state index in [0.29, 0.717) is 90.9 Å². The summed E-state index contributed by atoms with van der Waals surface area (Å²) in [5.41, 5.74) is 6.90. The van der Waals surface area contributed by atoms with Crippen LogP contribution in [0.15, 0.2) is 30.4 Å². The van der Waals surface area contributed by atoms with Gasteiger partial charge in [-0.1, -0.05) is 13.0 Å². The Bertz CT molecular complexity index is 1500. The molecule has 0 fully saturated rings. The molecule has 1 aliphatic rings. The first-order chi connectivity index (χ1) is 29.4. The molecular weight excluding hydrogens is 802 g/mol. The fourth-order valence-electron chi connectivity index (χ4n) is 5.71. The van der Waals surface area contributed by atoms with Gasteiger partial charge in [0.15, 0.2) is 0 Å². The van der Waals surface area contributed by atoms with Crippen molar-refractivity contribution in [2.45, 2.75) is 64.0 Å². The second kappa shape index (κ2) is 32.2. The Balaban J connectivity index is 1.68. The van der Waals surface area contributed by atoms with Crippen LogP contribution in [0.1, 0.15) is 51.0 Å². The van der Waals surface area contributed by atoms with E-state index in [9.17, 15) is 39.0 Å². The number of methoxy groups -OCH3 is 1. The number of aromatic hydroxyl groups is 1. The molecular formula is C41H65N5O15. The maximum atomic E-state index is 13.5. The lowest BCUT2D eigenvalue weighted by Gasteiger charge is -2.20. The monoisotopic (exact) mass is 867 g/mol. The Labute approximate surface area is 357 Å². The first-order valence-corrected chi connectivity index (χ1v) is 20.6. The summed E-state index contributed by atoms with van der Waals surface area (Å²) in [6.45, 7) is 6.82. The van der Waals surface area contributed by atoms with E-state index in [1.165, 1.54) is 12.1 Å². The van der Waals surface area contributed by atoms with Gasteiger partial charge in [0.25, 0.3) is 11.8 Å². The molecule has 20 heteroatoms. The van der Waals surface area contributed by atoms with Crippen LogP contribution in [-0.4, -0.2) is 169 Å². The molecule has 0 spiro atoms. The fourth-order valence-corrected chi connectivity index (χ4v) is 5.71. The van der Waals surface area contributed by atoms with Crippen LogP contribution in [0.25, 0.3) is 0 Å². The summed E-state index contributed by atoms with van der Waals surface area (Å²) >= 11 is 0. The van der Waals surface area contributed by atoms with Gasteiger partial charge < -0.3 is 65.1 Å². The summed E-state index contributed by atoms with van der Waals surface area (Å²) in [6, 6.07) is 3.03. The zero-order valence-corrected chi connectivity index (χ0v) is 35.4. The Morgan fingerprint density at radius 3 is 1.89 bits per heavy atom. The number of imide groups is 1. The number of anilines is 1. The number of carbonyl (C=O) groups excluding carboxylic acids is 5. The van der Waals surface area contributed by atoms with Crippen LogP contribution in [0.4, 0.5) is 5.69 Å². The van der Waals surface area contributed by atoms with E-state index in [0.717, 1.165) is 17.1 Å². The molecule has 5 amide bonds. The van der Waals surface area contributed by atoms with Crippen LogP contribution in [0, 0.1) is 5.92 Å². The quantitative estimate of drug-likeness (QED) is 0.0303. The fraction of sp³-hybridized carbons (Fsp3) is 0.659. The van der Waals surface area contributed by atoms with Crippen molar-refractivity contribution in [1.82, 2.24) is 15.5 Å². The number of nitrogens with one attached hydrogen (secondary N) is 3. The average molecular weight is 868 g/mol. The van der Waals surface area contributed by atoms with Gasteiger partial charge >= 0.3 is 5.97 Å². The molecule has 0 radical (unpaired) electrons. The maximum Gasteiger partial charge on any atom is 0.306 e. The van der Waals surface area contributed by atoms with Crippen molar-refractivity contribution in [1.29, 1.82) is 0 Å². The maximum absolute atomic E-state index is 13.5. The largest absolute Gasteiger partial charge is 0.506 e. The van der Waals surface area contributed by atoms with Crippen molar-refractivity contribution in [3.63, 3.8) is 0 Å². The lowest BCUT2D eigenvalue weighted by molar-refractivity contribution is -0.141. The summed E-state index contributed by atoms with van der Waals surface area (Å²) in [6.07, 6.45) is 4.03. The van der Waals surface area contributed by atoms with E-state index < -0.39 is 47.6 Å². The van der Waals surface area contributed by atoms with Crippen LogP contribution in [0.2, 0.25) is 0 Å². The standard InChI is InChI=1S/C41H65N5O15/c1-30(41(53)54)26-32(42)27-31-8-9-35(47)34(28-31)45-40(52)33(44-36(48)7-5-13-46-38(50)10-11-39(46)51)6-3-4-12-43-37(49)29-61-25-24-60-23-22-59-21-20-58-19-18-57-17-16-56-15-14-55-2/h8-11,28,30,32-33,47H,3-7,12-27,29,42H2,1-2H3,(H,43,49)(H,44,48)(H,45,52)(H,53,54)/t30?,32-,33+/m1/s1. The number of unbranched alkanes of at least 4 members (excludes halogenated alkanes) is 1. The van der Waals surface area contributed by atoms with Crippen molar-refractivity contribution in [3.05, 3.63) is 35.9 Å². The minimum atomic E-state index is -1.03. The highest BCUT2D eigenvalue weighted by Gasteiger charge is 2.25. The van der Waals surface area contributed by atoms with Crippen molar-refractivity contribution in [2.75, 3.05) is 111 Å². The number of benzene rings is 1. The van der Waals surface area contributed by atoms with E-state index in [1.807, 2.05) is 0 Å². The summed E-state index contributed by atoms with van der Waals surface area (Å²) in [7, 11) is 1.62. The zero-order valence-electron chi connectivity index (χ0n) is 35.4. The lowest BCUT2D eigenvalue weighted by Crippen LogP contribution is -2.44. The van der Waals surface area contributed by atoms with Gasteiger partial charge in [-0.3, -0.25) is 33.7 Å². The first kappa shape index (κ1) is 52.6. The topological polar surface area (TPSA) is 273 Å². The van der Waals surface area contributed by atoms with Gasteiger partial charge in [-0.2, -0.15) is 0 Å². The zero-order chi connectivity index (χ0) is 44.7. The summed E-state index contributed by atoms with van der Waals surface area (Å²) in [5.74, 6) is -4.16. The molecule has 0 aromatic heterocycles. The van der Waals surface area contributed by atoms with E-state index in [1.54, 1.807) is 20.1 Å². The Morgan fingerprint density at radius 1 is 0.770 bits per heavy atom. The number of amides is 5. The smallest absolute Gasteiger partial charge is 0.306 e. The highest BCUT2D eigenvalue weighted by Crippen LogP contribution is 2.26. The minimum absolute atomic E-state index is 0.0385. The number of carboxylic acids is 1. The number of phenols is 1. The van der Waals surface area contributed by atoms with Crippen LogP contribution >= 0.6 is 0 Å². The van der Waals surface area contributed by atoms with Gasteiger partial charge in [-0.15, -0.1) is 0 Å². The molecule has 1 unspecified atom stereocenters. The van der Waals surface area contributed by atoms with E-state index in [-0.39, 0.29) is 75.9 Å². The Morgan fingerprint density at radius 2 is 1.33 bits per heavy atom. The molecule has 0 saturated carbocycles. The third kappa shape index (κ3) is 24.5. The highest BCUT2D eigenvalue weighted by atomic mass is 16.6. The molecule has 1 aromatic carbocycles. The molecule has 3 atom stereocenters. The number of phenolic OH excluding ortho intramolecular Hbond substituents is 1. The number of hydrogen-bond acceptors (Lipinski definition) is 15. The molecule has 0 bridgehead atoms. The number of carbonyl (C=O) groups is 6. The lowest BCUT2D eigenvalue weighted by atomic mass is 9.96. The summed E-state index contributed by atoms with van der Waals surface area (Å²) in [5, 5.41) is 27.8. The van der Waals surface area contributed by atoms with Crippen LogP contribution < -0.4 is 21.7 Å². The molecule has 344 valence electrons. The van der Waals surface area contributed by atoms with Crippen molar-refractivity contribution in [3.8, 4) is 5.75 Å². The van der Waals surface area contributed by atoms with Gasteiger partial charge in [-0.25, -0.2) is 0 Å². The summed E-state index contributed by atoms with van der Waals surface area (Å²) < 4.78 is 37.3. The third-order valence-electron chi connectivity index (χ3n) is 9.00. The molecule has 7 N–H and O–H groups in total. The van der Waals surface area contributed by atoms with E-state index >= 15 is 0 Å². The van der Waals surface area contributed by atoms with Crippen molar-refractivity contribution >= 4 is 41.2 Å². The molecule has 1 aliphatic heterocycles. The molecule has 20 nitrogen and oxygen atoms in total. The van der Waals surface area contributed by atoms with Crippen LogP contribution in [-0.2, 0) is 68.3 Å². The van der Waals surface area contributed by atoms with E-state index in [4.69, 9.17) is 38.9 Å². The molecule has 1 heterocycles. The van der Waals surface area contributed by atoms with E-state index in [2.05, 4.69) is 16.0 Å². The third-order valence-corrected chi connectivity index (χ3v) is 9.00.